The van der Waals surface area contributed by atoms with E-state index in [4.69, 9.17) is 15.4 Å². The summed E-state index contributed by atoms with van der Waals surface area (Å²) >= 11 is 1.26. The van der Waals surface area contributed by atoms with Gasteiger partial charge in [-0.25, -0.2) is 9.97 Å². The predicted octanol–water partition coefficient (Wildman–Crippen LogP) is 2.55. The third-order valence-electron chi connectivity index (χ3n) is 2.87. The molecule has 0 bridgehead atoms. The molecule has 2 heterocycles. The second-order valence-corrected chi connectivity index (χ2v) is 5.41. The number of hydrogen-bond acceptors (Lipinski definition) is 6. The number of nitrogens with two attached hydrogens (primary N) is 1. The molecule has 3 N–H and O–H groups in total. The number of nitrogens with zero attached hydrogens (tertiary/aromatic N) is 3. The van der Waals surface area contributed by atoms with Crippen molar-refractivity contribution in [3.8, 4) is 0 Å². The van der Waals surface area contributed by atoms with Crippen LogP contribution in [0, 0.1) is 27.7 Å². The Labute approximate surface area is 121 Å². The van der Waals surface area contributed by atoms with Gasteiger partial charge < -0.3 is 15.4 Å². The molecule has 0 aromatic carbocycles. The van der Waals surface area contributed by atoms with Crippen molar-refractivity contribution in [2.45, 2.75) is 37.9 Å². The second kappa shape index (κ2) is 5.54. The summed E-state index contributed by atoms with van der Waals surface area (Å²) in [6.07, 6.45) is 0. The van der Waals surface area contributed by atoms with E-state index in [1.807, 2.05) is 33.8 Å². The fourth-order valence-corrected chi connectivity index (χ4v) is 2.88. The summed E-state index contributed by atoms with van der Waals surface area (Å²) in [4.78, 5) is 8.73. The summed E-state index contributed by atoms with van der Waals surface area (Å²) < 4.78 is 5.53. The topological polar surface area (TPSA) is 97.5 Å². The van der Waals surface area contributed by atoms with Crippen LogP contribution in [0.15, 0.2) is 25.9 Å². The van der Waals surface area contributed by atoms with E-state index < -0.39 is 0 Å². The zero-order valence-electron chi connectivity index (χ0n) is 11.8. The van der Waals surface area contributed by atoms with Crippen LogP contribution in [0.3, 0.4) is 0 Å². The zero-order valence-corrected chi connectivity index (χ0v) is 12.6. The van der Waals surface area contributed by atoms with Gasteiger partial charge in [0.15, 0.2) is 5.84 Å². The summed E-state index contributed by atoms with van der Waals surface area (Å²) in [6, 6.07) is 1.88. The molecule has 0 fully saturated rings. The van der Waals surface area contributed by atoms with E-state index >= 15 is 0 Å². The Hall–Kier alpha value is -2.02. The van der Waals surface area contributed by atoms with Gasteiger partial charge in [-0.05, 0) is 51.1 Å². The highest BCUT2D eigenvalue weighted by atomic mass is 32.2. The Morgan fingerprint density at radius 1 is 1.30 bits per heavy atom. The van der Waals surface area contributed by atoms with Crippen molar-refractivity contribution in [3.63, 3.8) is 0 Å². The van der Waals surface area contributed by atoms with E-state index in [9.17, 15) is 0 Å². The predicted molar refractivity (Wildman–Crippen MR) is 76.3 cm³/mol. The van der Waals surface area contributed by atoms with Gasteiger partial charge in [-0.2, -0.15) is 0 Å². The highest BCUT2D eigenvalue weighted by Gasteiger charge is 2.17. The van der Waals surface area contributed by atoms with Crippen LogP contribution in [-0.4, -0.2) is 21.0 Å². The maximum absolute atomic E-state index is 8.91. The van der Waals surface area contributed by atoms with Crippen LogP contribution in [0.2, 0.25) is 0 Å². The molecule has 0 radical (unpaired) electrons. The molecule has 20 heavy (non-hydrogen) atoms. The summed E-state index contributed by atoms with van der Waals surface area (Å²) in [5.74, 6) is 0.791. The van der Waals surface area contributed by atoms with Gasteiger partial charge in [-0.15, -0.1) is 0 Å². The highest BCUT2D eigenvalue weighted by molar-refractivity contribution is 7.99. The first-order valence-corrected chi connectivity index (χ1v) is 6.82. The molecule has 0 amide bonds. The standard InChI is InChI=1S/C13H16N4O2S/c1-6-5-7(2)15-12(10(6)11(14)17-18)20-13-16-8(3)9(4)19-13/h5,18H,1-4H3,(H2,14,17). The maximum Gasteiger partial charge on any atom is 0.262 e. The first-order chi connectivity index (χ1) is 9.42. The van der Waals surface area contributed by atoms with Crippen LogP contribution in [-0.2, 0) is 0 Å². The van der Waals surface area contributed by atoms with Crippen molar-refractivity contribution >= 4 is 17.6 Å². The monoisotopic (exact) mass is 292 g/mol. The van der Waals surface area contributed by atoms with Gasteiger partial charge in [0.1, 0.15) is 10.8 Å². The first kappa shape index (κ1) is 14.4. The van der Waals surface area contributed by atoms with Gasteiger partial charge >= 0.3 is 0 Å². The van der Waals surface area contributed by atoms with Gasteiger partial charge in [0, 0.05) is 5.69 Å². The molecule has 2 aromatic rings. The number of aryl methyl sites for hydroxylation is 4. The molecule has 0 unspecified atom stereocenters. The Kier molecular flexibility index (Phi) is 3.99. The minimum absolute atomic E-state index is 0.0255. The number of amidine groups is 1. The van der Waals surface area contributed by atoms with E-state index in [-0.39, 0.29) is 5.84 Å². The van der Waals surface area contributed by atoms with E-state index in [0.717, 1.165) is 22.7 Å². The lowest BCUT2D eigenvalue weighted by atomic mass is 10.1. The molecular weight excluding hydrogens is 276 g/mol. The molecule has 0 saturated carbocycles. The molecule has 0 aliphatic heterocycles. The van der Waals surface area contributed by atoms with Crippen molar-refractivity contribution < 1.29 is 9.62 Å². The van der Waals surface area contributed by atoms with Crippen molar-refractivity contribution in [1.82, 2.24) is 9.97 Å². The van der Waals surface area contributed by atoms with Gasteiger partial charge in [0.05, 0.1) is 11.3 Å². The van der Waals surface area contributed by atoms with E-state index in [1.54, 1.807) is 0 Å². The van der Waals surface area contributed by atoms with E-state index in [2.05, 4.69) is 15.1 Å². The summed E-state index contributed by atoms with van der Waals surface area (Å²) in [7, 11) is 0. The third-order valence-corrected chi connectivity index (χ3v) is 3.71. The summed E-state index contributed by atoms with van der Waals surface area (Å²) in [5.41, 5.74) is 8.89. The van der Waals surface area contributed by atoms with Crippen molar-refractivity contribution in [2.75, 3.05) is 0 Å². The van der Waals surface area contributed by atoms with Crippen molar-refractivity contribution in [2.24, 2.45) is 10.9 Å². The number of oxime groups is 1. The molecule has 2 aromatic heterocycles. The Bertz CT molecular complexity index is 660. The average Bonchev–Trinajstić information content (AvgIpc) is 2.66. The first-order valence-electron chi connectivity index (χ1n) is 6.00. The number of pyridine rings is 1. The molecule has 0 spiro atoms. The van der Waals surface area contributed by atoms with Crippen LogP contribution in [0.4, 0.5) is 0 Å². The SMILES string of the molecule is Cc1cc(C)c(/C(N)=N/O)c(Sc2nc(C)c(C)o2)n1. The lowest BCUT2D eigenvalue weighted by Gasteiger charge is -2.09. The molecule has 6 nitrogen and oxygen atoms in total. The molecule has 0 saturated heterocycles. The lowest BCUT2D eigenvalue weighted by Crippen LogP contribution is -2.17. The Balaban J connectivity index is 2.49. The molecule has 2 rings (SSSR count). The largest absolute Gasteiger partial charge is 0.436 e. The van der Waals surface area contributed by atoms with Crippen molar-refractivity contribution in [1.29, 1.82) is 0 Å². The number of rotatable bonds is 3. The highest BCUT2D eigenvalue weighted by Crippen LogP contribution is 2.31. The minimum Gasteiger partial charge on any atom is -0.436 e. The molecule has 7 heteroatoms. The molecule has 0 atom stereocenters. The smallest absolute Gasteiger partial charge is 0.262 e. The minimum atomic E-state index is 0.0255. The molecule has 0 aliphatic carbocycles. The van der Waals surface area contributed by atoms with Crippen LogP contribution in [0.5, 0.6) is 0 Å². The van der Waals surface area contributed by atoms with Gasteiger partial charge in [0.2, 0.25) is 0 Å². The van der Waals surface area contributed by atoms with Crippen LogP contribution >= 0.6 is 11.8 Å². The fourth-order valence-electron chi connectivity index (χ4n) is 1.81. The summed E-state index contributed by atoms with van der Waals surface area (Å²) in [5, 5.41) is 13.1. The third kappa shape index (κ3) is 2.77. The second-order valence-electron chi connectivity index (χ2n) is 4.47. The quantitative estimate of drug-likeness (QED) is 0.390. The van der Waals surface area contributed by atoms with E-state index in [0.29, 0.717) is 15.8 Å². The van der Waals surface area contributed by atoms with E-state index in [1.165, 1.54) is 11.8 Å². The molecular formula is C13H16N4O2S. The summed E-state index contributed by atoms with van der Waals surface area (Å²) in [6.45, 7) is 7.51. The van der Waals surface area contributed by atoms with Gasteiger partial charge in [0.25, 0.3) is 5.22 Å². The van der Waals surface area contributed by atoms with Crippen LogP contribution in [0.1, 0.15) is 28.3 Å². The maximum atomic E-state index is 8.91. The van der Waals surface area contributed by atoms with Gasteiger partial charge in [-0.1, -0.05) is 5.16 Å². The zero-order chi connectivity index (χ0) is 14.9. The fraction of sp³-hybridized carbons (Fsp3) is 0.308. The number of aromatic nitrogens is 2. The number of oxazole rings is 1. The van der Waals surface area contributed by atoms with Crippen LogP contribution in [0.25, 0.3) is 0 Å². The Morgan fingerprint density at radius 2 is 2.00 bits per heavy atom. The average molecular weight is 292 g/mol. The van der Waals surface area contributed by atoms with Crippen molar-refractivity contribution in [3.05, 3.63) is 34.3 Å². The van der Waals surface area contributed by atoms with Crippen LogP contribution < -0.4 is 5.73 Å². The number of hydrogen-bond donors (Lipinski definition) is 2. The Morgan fingerprint density at radius 3 is 2.55 bits per heavy atom. The lowest BCUT2D eigenvalue weighted by molar-refractivity contribution is 0.318. The normalized spacial score (nSPS) is 11.9. The van der Waals surface area contributed by atoms with Gasteiger partial charge in [-0.3, -0.25) is 0 Å². The molecule has 106 valence electrons. The molecule has 0 aliphatic rings.